The van der Waals surface area contributed by atoms with Gasteiger partial charge in [0.15, 0.2) is 0 Å². The van der Waals surface area contributed by atoms with Gasteiger partial charge in [-0.2, -0.15) is 10.5 Å². The summed E-state index contributed by atoms with van der Waals surface area (Å²) in [4.78, 5) is 49.9. The Morgan fingerprint density at radius 3 is 1.69 bits per heavy atom. The van der Waals surface area contributed by atoms with Gasteiger partial charge in [-0.1, -0.05) is 85.8 Å². The maximum absolute atomic E-state index is 13.1. The molecule has 5 aromatic carbocycles. The van der Waals surface area contributed by atoms with Gasteiger partial charge < -0.3 is 34.3 Å². The van der Waals surface area contributed by atoms with E-state index in [2.05, 4.69) is 5.32 Å². The smallest absolute Gasteiger partial charge is 0.323 e. The topological polar surface area (TPSA) is 191 Å². The van der Waals surface area contributed by atoms with E-state index >= 15 is 0 Å². The third-order valence-electron chi connectivity index (χ3n) is 9.40. The van der Waals surface area contributed by atoms with Crippen molar-refractivity contribution >= 4 is 69.1 Å². The van der Waals surface area contributed by atoms with Gasteiger partial charge in [0.1, 0.15) is 47.9 Å². The molecule has 13 nitrogen and oxygen atoms in total. The number of carboxylic acids is 2. The fourth-order valence-electron chi connectivity index (χ4n) is 6.72. The van der Waals surface area contributed by atoms with E-state index in [0.717, 1.165) is 28.4 Å². The highest BCUT2D eigenvalue weighted by Gasteiger charge is 2.21. The molecule has 7 aromatic rings. The van der Waals surface area contributed by atoms with Gasteiger partial charge in [-0.3, -0.25) is 19.2 Å². The lowest BCUT2D eigenvalue weighted by Crippen LogP contribution is -2.32. The molecular formula is C49H40N6O7. The van der Waals surface area contributed by atoms with Crippen molar-refractivity contribution in [2.45, 2.75) is 26.4 Å². The molecule has 2 amide bonds. The van der Waals surface area contributed by atoms with Crippen LogP contribution in [0.2, 0.25) is 0 Å². The first-order valence-electron chi connectivity index (χ1n) is 19.4. The van der Waals surface area contributed by atoms with E-state index in [0.29, 0.717) is 40.4 Å². The number of aliphatic carboxylic acids is 2. The van der Waals surface area contributed by atoms with E-state index in [1.54, 1.807) is 62.8 Å². The molecule has 0 saturated carbocycles. The number of fused-ring (bicyclic) bond motifs is 2. The molecule has 0 fully saturated rings. The number of ether oxygens (including phenoxy) is 1. The van der Waals surface area contributed by atoms with Crippen molar-refractivity contribution in [3.8, 4) is 23.6 Å². The van der Waals surface area contributed by atoms with E-state index in [1.165, 1.54) is 12.2 Å². The number of amides is 2. The van der Waals surface area contributed by atoms with Crippen molar-refractivity contribution in [1.82, 2.24) is 9.13 Å². The van der Waals surface area contributed by atoms with E-state index < -0.39 is 17.8 Å². The van der Waals surface area contributed by atoms with Crippen LogP contribution in [-0.4, -0.2) is 49.6 Å². The van der Waals surface area contributed by atoms with Gasteiger partial charge in [-0.05, 0) is 67.1 Å². The largest absolute Gasteiger partial charge is 0.480 e. The Balaban J connectivity index is 0.000000209. The number of para-hydroxylation sites is 4. The fraction of sp³-hybridized carbons (Fsp3) is 0.102. The molecule has 0 aliphatic carbocycles. The molecule has 13 heteroatoms. The normalized spacial score (nSPS) is 11.1. The summed E-state index contributed by atoms with van der Waals surface area (Å²) in [5.74, 6) is -1.70. The van der Waals surface area contributed by atoms with Crippen LogP contribution < -0.4 is 15.0 Å². The number of anilines is 2. The highest BCUT2D eigenvalue weighted by atomic mass is 16.5. The molecule has 0 aliphatic rings. The van der Waals surface area contributed by atoms with Gasteiger partial charge in [0.25, 0.3) is 11.8 Å². The highest BCUT2D eigenvalue weighted by molar-refractivity contribution is 6.12. The lowest BCUT2D eigenvalue weighted by molar-refractivity contribution is -0.138. The second-order valence-electron chi connectivity index (χ2n) is 13.8. The zero-order valence-corrected chi connectivity index (χ0v) is 33.5. The maximum Gasteiger partial charge on any atom is 0.323 e. The molecule has 0 radical (unpaired) electrons. The summed E-state index contributed by atoms with van der Waals surface area (Å²) in [7, 11) is 0. The number of nitrogens with zero attached hydrogens (tertiary/aromatic N) is 5. The molecule has 62 heavy (non-hydrogen) atoms. The lowest BCUT2D eigenvalue weighted by atomic mass is 10.1. The second-order valence-corrected chi connectivity index (χ2v) is 13.8. The number of carbonyl (C=O) groups excluding carboxylic acids is 2. The van der Waals surface area contributed by atoms with Gasteiger partial charge in [-0.25, -0.2) is 0 Å². The number of benzene rings is 5. The molecule has 0 saturated heterocycles. The number of carbonyl (C=O) groups is 4. The van der Waals surface area contributed by atoms with Crippen molar-refractivity contribution in [2.24, 2.45) is 0 Å². The Bertz CT molecular complexity index is 2900. The van der Waals surface area contributed by atoms with Gasteiger partial charge >= 0.3 is 11.9 Å². The predicted molar refractivity (Wildman–Crippen MR) is 237 cm³/mol. The number of nitrogens with one attached hydrogen (secondary N) is 1. The number of rotatable bonds is 14. The molecule has 0 unspecified atom stereocenters. The summed E-state index contributed by atoms with van der Waals surface area (Å²) < 4.78 is 8.96. The zero-order valence-electron chi connectivity index (χ0n) is 33.5. The minimum Gasteiger partial charge on any atom is -0.480 e. The third kappa shape index (κ3) is 10.7. The summed E-state index contributed by atoms with van der Waals surface area (Å²) in [6.45, 7) is 2.04. The molecule has 0 atom stereocenters. The van der Waals surface area contributed by atoms with Gasteiger partial charge in [0.05, 0.1) is 0 Å². The Labute approximate surface area is 356 Å². The quantitative estimate of drug-likeness (QED) is 0.0709. The summed E-state index contributed by atoms with van der Waals surface area (Å²) in [5, 5.41) is 41.9. The van der Waals surface area contributed by atoms with Crippen LogP contribution in [0.5, 0.6) is 11.5 Å². The fourth-order valence-corrected chi connectivity index (χ4v) is 6.72. The van der Waals surface area contributed by atoms with Crippen molar-refractivity contribution in [3.05, 3.63) is 168 Å². The van der Waals surface area contributed by atoms with Crippen molar-refractivity contribution in [3.63, 3.8) is 0 Å². The average Bonchev–Trinajstić information content (AvgIpc) is 3.80. The zero-order chi connectivity index (χ0) is 44.0. The number of hydrogen-bond donors (Lipinski definition) is 3. The number of hydrogen-bond acceptors (Lipinski definition) is 7. The monoisotopic (exact) mass is 824 g/mol. The maximum atomic E-state index is 13.1. The first-order valence-corrected chi connectivity index (χ1v) is 19.4. The lowest BCUT2D eigenvalue weighted by Gasteiger charge is -2.21. The van der Waals surface area contributed by atoms with Crippen LogP contribution >= 0.6 is 0 Å². The van der Waals surface area contributed by atoms with Crippen molar-refractivity contribution in [1.29, 1.82) is 10.5 Å². The molecule has 2 heterocycles. The molecule has 0 bridgehead atoms. The summed E-state index contributed by atoms with van der Waals surface area (Å²) >= 11 is 0. The standard InChI is InChI=1S/C26H19N3O4.C23H21N3O3/c27-15-18(13-19-16-29(17-25(30)31)24-12-5-4-11-23(19)24)26(32)28-20-7-6-10-22(14-20)33-21-8-2-1-3-9-21;1-2-12-26(19-8-4-3-5-9-19)23(29)17(14-24)13-18-15-25(16-22(27)28)21-11-7-6-10-20(18)21/h1-14,16H,17H2,(H,28,32)(H,30,31);3-11,13,15H,2,12,16H2,1H3,(H,27,28). The highest BCUT2D eigenvalue weighted by Crippen LogP contribution is 2.28. The molecule has 308 valence electrons. The van der Waals surface area contributed by atoms with Crippen LogP contribution in [0.3, 0.4) is 0 Å². The van der Waals surface area contributed by atoms with Crippen LogP contribution in [0.25, 0.3) is 34.0 Å². The predicted octanol–water partition coefficient (Wildman–Crippen LogP) is 9.14. The van der Waals surface area contributed by atoms with Crippen molar-refractivity contribution < 1.29 is 34.1 Å². The molecular weight excluding hydrogens is 785 g/mol. The van der Waals surface area contributed by atoms with Crippen LogP contribution in [-0.2, 0) is 32.3 Å². The van der Waals surface area contributed by atoms with Gasteiger partial charge in [-0.15, -0.1) is 0 Å². The van der Waals surface area contributed by atoms with Crippen LogP contribution in [0.1, 0.15) is 24.5 Å². The van der Waals surface area contributed by atoms with Gasteiger partial charge in [0.2, 0.25) is 0 Å². The summed E-state index contributed by atoms with van der Waals surface area (Å²) in [6, 6.07) is 43.9. The molecule has 2 aromatic heterocycles. The summed E-state index contributed by atoms with van der Waals surface area (Å²) in [6.07, 6.45) is 7.03. The van der Waals surface area contributed by atoms with E-state index in [4.69, 9.17) is 14.9 Å². The summed E-state index contributed by atoms with van der Waals surface area (Å²) in [5.41, 5.74) is 3.75. The second kappa shape index (κ2) is 20.3. The Morgan fingerprint density at radius 2 is 1.16 bits per heavy atom. The minimum atomic E-state index is -0.984. The Kier molecular flexibility index (Phi) is 14.1. The van der Waals surface area contributed by atoms with Crippen LogP contribution in [0.15, 0.2) is 157 Å². The average molecular weight is 825 g/mol. The first-order chi connectivity index (χ1) is 30.1. The third-order valence-corrected chi connectivity index (χ3v) is 9.40. The van der Waals surface area contributed by atoms with E-state index in [-0.39, 0.29) is 30.1 Å². The van der Waals surface area contributed by atoms with Crippen LogP contribution in [0, 0.1) is 22.7 Å². The minimum absolute atomic E-state index is 0.000492. The molecule has 0 aliphatic heterocycles. The first kappa shape index (κ1) is 42.9. The Morgan fingerprint density at radius 1 is 0.661 bits per heavy atom. The number of aromatic nitrogens is 2. The molecule has 7 rings (SSSR count). The van der Waals surface area contributed by atoms with Gasteiger partial charge in [0, 0.05) is 69.3 Å². The number of nitriles is 2. The van der Waals surface area contributed by atoms with E-state index in [1.807, 2.05) is 116 Å². The Hall–Kier alpha value is -8.68. The van der Waals surface area contributed by atoms with Crippen molar-refractivity contribution in [2.75, 3.05) is 16.8 Å². The number of carboxylic acid groups (broad SMARTS) is 2. The SMILES string of the molecule is CCCN(C(=O)C(C#N)=Cc1cn(CC(=O)O)c2ccccc12)c1ccccc1.N#CC(=Cc1cn(CC(=O)O)c2ccccc12)C(=O)Nc1cccc(Oc2ccccc2)c1. The van der Waals surface area contributed by atoms with Crippen LogP contribution in [0.4, 0.5) is 11.4 Å². The molecule has 3 N–H and O–H groups in total. The molecule has 0 spiro atoms. The van der Waals surface area contributed by atoms with E-state index in [9.17, 15) is 29.7 Å².